The number of primary amides is 1. The van der Waals surface area contributed by atoms with E-state index in [1.807, 2.05) is 25.7 Å². The number of hydrogen-bond donors (Lipinski definition) is 2. The average Bonchev–Trinajstić information content (AvgIpc) is 3.34. The quantitative estimate of drug-likeness (QED) is 0.388. The Hall–Kier alpha value is -3.15. The van der Waals surface area contributed by atoms with Gasteiger partial charge in [0.05, 0.1) is 12.1 Å². The predicted octanol–water partition coefficient (Wildman–Crippen LogP) is 2.27. The fourth-order valence-electron chi connectivity index (χ4n) is 4.22. The van der Waals surface area contributed by atoms with Crippen molar-refractivity contribution < 1.29 is 22.3 Å². The summed E-state index contributed by atoms with van der Waals surface area (Å²) in [6.07, 6.45) is 4.69. The van der Waals surface area contributed by atoms with Crippen LogP contribution < -0.4 is 5.73 Å². The normalized spacial score (nSPS) is 14.6. The van der Waals surface area contributed by atoms with Gasteiger partial charge in [0.25, 0.3) is 10.1 Å². The summed E-state index contributed by atoms with van der Waals surface area (Å²) in [7, 11) is -4.64. The van der Waals surface area contributed by atoms with E-state index >= 15 is 0 Å². The highest BCUT2D eigenvalue weighted by atomic mass is 32.2. The minimum absolute atomic E-state index is 0.0446. The summed E-state index contributed by atoms with van der Waals surface area (Å²) in [5.74, 6) is -2.39. The van der Waals surface area contributed by atoms with E-state index in [4.69, 9.17) is 10.3 Å². The van der Waals surface area contributed by atoms with Crippen LogP contribution >= 0.6 is 0 Å². The molecule has 0 bridgehead atoms. The van der Waals surface area contributed by atoms with Crippen molar-refractivity contribution in [3.63, 3.8) is 0 Å². The molecule has 0 saturated carbocycles. The largest absolute Gasteiger partial charge is 0.369 e. The molecular weight excluding hydrogens is 458 g/mol. The van der Waals surface area contributed by atoms with Gasteiger partial charge in [0.1, 0.15) is 5.25 Å². The first-order valence-electron chi connectivity index (χ1n) is 10.9. The Morgan fingerprint density at radius 2 is 1.82 bits per heavy atom. The van der Waals surface area contributed by atoms with Gasteiger partial charge in [-0.1, -0.05) is 38.1 Å². The van der Waals surface area contributed by atoms with Crippen LogP contribution in [-0.2, 0) is 14.9 Å². The van der Waals surface area contributed by atoms with Crippen molar-refractivity contribution in [1.29, 1.82) is 0 Å². The zero-order valence-corrected chi connectivity index (χ0v) is 20.1. The highest BCUT2D eigenvalue weighted by Crippen LogP contribution is 2.38. The number of benzene rings is 1. The van der Waals surface area contributed by atoms with Gasteiger partial charge in [0.2, 0.25) is 5.91 Å². The van der Waals surface area contributed by atoms with Crippen LogP contribution in [-0.4, -0.2) is 64.0 Å². The third-order valence-electron chi connectivity index (χ3n) is 6.13. The molecule has 3 atom stereocenters. The van der Waals surface area contributed by atoms with E-state index in [0.29, 0.717) is 35.5 Å². The third-order valence-corrected chi connectivity index (χ3v) is 7.34. The van der Waals surface area contributed by atoms with Gasteiger partial charge < -0.3 is 15.2 Å². The Morgan fingerprint density at radius 3 is 2.32 bits per heavy atom. The van der Waals surface area contributed by atoms with Crippen molar-refractivity contribution in [2.75, 3.05) is 19.6 Å². The highest BCUT2D eigenvalue weighted by Gasteiger charge is 2.43. The molecule has 11 heteroatoms. The number of carbonyl (C=O) groups excluding carboxylic acids is 1. The number of pyridine rings is 1. The molecule has 3 aromatic rings. The fourth-order valence-corrected chi connectivity index (χ4v) is 5.28. The number of aryl methyl sites for hydroxylation is 1. The van der Waals surface area contributed by atoms with Gasteiger partial charge in [0, 0.05) is 35.7 Å². The SMILES string of the molecule is CCN(CC)CC(C(C(N)=O)[C@H](c1ccc(-c2cnno2)cc1)c1cnccc1C)S(=O)(=O)O. The topological polar surface area (TPSA) is 153 Å². The molecule has 2 unspecified atom stereocenters. The maximum atomic E-state index is 12.9. The van der Waals surface area contributed by atoms with Gasteiger partial charge >= 0.3 is 0 Å². The lowest BCUT2D eigenvalue weighted by atomic mass is 9.77. The number of amides is 1. The second-order valence-electron chi connectivity index (χ2n) is 8.08. The predicted molar refractivity (Wildman–Crippen MR) is 126 cm³/mol. The smallest absolute Gasteiger partial charge is 0.269 e. The summed E-state index contributed by atoms with van der Waals surface area (Å²) in [4.78, 5) is 18.9. The lowest BCUT2D eigenvalue weighted by molar-refractivity contribution is -0.122. The molecule has 0 aliphatic heterocycles. The first-order chi connectivity index (χ1) is 16.2. The van der Waals surface area contributed by atoms with Crippen LogP contribution in [0.1, 0.15) is 36.5 Å². The van der Waals surface area contributed by atoms with E-state index in [0.717, 1.165) is 5.56 Å². The Kier molecular flexibility index (Phi) is 8.13. The van der Waals surface area contributed by atoms with Gasteiger partial charge in [-0.2, -0.15) is 8.42 Å². The average molecular weight is 488 g/mol. The molecule has 2 heterocycles. The van der Waals surface area contributed by atoms with Gasteiger partial charge in [-0.15, -0.1) is 5.10 Å². The highest BCUT2D eigenvalue weighted by molar-refractivity contribution is 7.86. The van der Waals surface area contributed by atoms with Crippen molar-refractivity contribution in [1.82, 2.24) is 20.3 Å². The van der Waals surface area contributed by atoms with Gasteiger partial charge in [-0.25, -0.2) is 0 Å². The maximum absolute atomic E-state index is 12.9. The Balaban J connectivity index is 2.18. The van der Waals surface area contributed by atoms with Crippen LogP contribution in [0, 0.1) is 12.8 Å². The molecule has 10 nitrogen and oxygen atoms in total. The Morgan fingerprint density at radius 1 is 1.15 bits per heavy atom. The zero-order chi connectivity index (χ0) is 24.9. The second kappa shape index (κ2) is 10.9. The Bertz CT molecular complexity index is 1190. The summed E-state index contributed by atoms with van der Waals surface area (Å²) in [5.41, 5.74) is 8.65. The van der Waals surface area contributed by atoms with E-state index in [2.05, 4.69) is 15.4 Å². The lowest BCUT2D eigenvalue weighted by Crippen LogP contribution is -2.48. The summed E-state index contributed by atoms with van der Waals surface area (Å²) in [6.45, 7) is 6.66. The van der Waals surface area contributed by atoms with Crippen molar-refractivity contribution in [2.24, 2.45) is 11.7 Å². The number of aromatic nitrogens is 3. The molecule has 0 aliphatic carbocycles. The van der Waals surface area contributed by atoms with Crippen LogP contribution in [0.3, 0.4) is 0 Å². The first kappa shape index (κ1) is 25.5. The monoisotopic (exact) mass is 487 g/mol. The van der Waals surface area contributed by atoms with Crippen LogP contribution in [0.4, 0.5) is 0 Å². The van der Waals surface area contributed by atoms with Crippen molar-refractivity contribution >= 4 is 16.0 Å². The summed E-state index contributed by atoms with van der Waals surface area (Å²) in [6, 6.07) is 8.84. The van der Waals surface area contributed by atoms with Crippen molar-refractivity contribution in [3.8, 4) is 11.3 Å². The summed E-state index contributed by atoms with van der Waals surface area (Å²) >= 11 is 0. The molecule has 3 rings (SSSR count). The zero-order valence-electron chi connectivity index (χ0n) is 19.3. The number of carbonyl (C=O) groups is 1. The molecule has 3 N–H and O–H groups in total. The van der Waals surface area contributed by atoms with E-state index in [1.165, 1.54) is 6.20 Å². The first-order valence-corrected chi connectivity index (χ1v) is 12.4. The van der Waals surface area contributed by atoms with E-state index in [9.17, 15) is 17.8 Å². The standard InChI is InChI=1S/C23H29N5O5S/c1-4-28(5-2)14-20(34(30,31)32)22(23(24)29)21(18-12-25-11-10-15(18)3)17-8-6-16(7-9-17)19-13-26-27-33-19/h6-13,20-22H,4-5,14H2,1-3H3,(H2,24,29)(H,30,31,32)/t20?,21-,22?/m1/s1. The van der Waals surface area contributed by atoms with Gasteiger partial charge in [-0.05, 0) is 42.8 Å². The number of hydrogen-bond acceptors (Lipinski definition) is 8. The molecule has 0 radical (unpaired) electrons. The maximum Gasteiger partial charge on any atom is 0.269 e. The molecule has 0 spiro atoms. The number of nitrogens with two attached hydrogens (primary N) is 1. The molecule has 34 heavy (non-hydrogen) atoms. The van der Waals surface area contributed by atoms with Crippen LogP contribution in [0.15, 0.2) is 53.4 Å². The van der Waals surface area contributed by atoms with E-state index in [-0.39, 0.29) is 6.54 Å². The number of nitrogens with zero attached hydrogens (tertiary/aromatic N) is 4. The minimum atomic E-state index is -4.64. The van der Waals surface area contributed by atoms with Gasteiger partial charge in [-0.3, -0.25) is 14.3 Å². The lowest BCUT2D eigenvalue weighted by Gasteiger charge is -2.34. The van der Waals surface area contributed by atoms with Crippen molar-refractivity contribution in [2.45, 2.75) is 31.9 Å². The molecule has 0 saturated heterocycles. The van der Waals surface area contributed by atoms with Crippen LogP contribution in [0.5, 0.6) is 0 Å². The molecule has 2 aromatic heterocycles. The van der Waals surface area contributed by atoms with E-state index in [1.54, 1.807) is 42.7 Å². The number of rotatable bonds is 11. The molecule has 0 fully saturated rings. The summed E-state index contributed by atoms with van der Waals surface area (Å²) in [5, 5.41) is 5.71. The van der Waals surface area contributed by atoms with Crippen molar-refractivity contribution in [3.05, 3.63) is 65.6 Å². The van der Waals surface area contributed by atoms with E-state index < -0.39 is 33.1 Å². The molecule has 1 amide bonds. The van der Waals surface area contributed by atoms with Crippen LogP contribution in [0.2, 0.25) is 0 Å². The molecule has 182 valence electrons. The second-order valence-corrected chi connectivity index (χ2v) is 9.72. The molecular formula is C23H29N5O5S. The molecule has 1 aromatic carbocycles. The van der Waals surface area contributed by atoms with Crippen LogP contribution in [0.25, 0.3) is 11.3 Å². The van der Waals surface area contributed by atoms with Gasteiger partial charge in [0.15, 0.2) is 5.76 Å². The Labute approximate surface area is 198 Å². The fraction of sp³-hybridized carbons (Fsp3) is 0.391. The molecule has 0 aliphatic rings. The minimum Gasteiger partial charge on any atom is -0.369 e. The summed E-state index contributed by atoms with van der Waals surface area (Å²) < 4.78 is 40.5. The third kappa shape index (κ3) is 5.66.